The van der Waals surface area contributed by atoms with E-state index in [-0.39, 0.29) is 11.5 Å². The van der Waals surface area contributed by atoms with E-state index in [0.29, 0.717) is 18.1 Å². The summed E-state index contributed by atoms with van der Waals surface area (Å²) in [5.41, 5.74) is 3.02. The van der Waals surface area contributed by atoms with Gasteiger partial charge in [0.2, 0.25) is 5.56 Å². The van der Waals surface area contributed by atoms with Crippen molar-refractivity contribution in [1.29, 1.82) is 0 Å². The van der Waals surface area contributed by atoms with E-state index in [4.69, 9.17) is 0 Å². The highest BCUT2D eigenvalue weighted by molar-refractivity contribution is 6.08. The van der Waals surface area contributed by atoms with Crippen LogP contribution < -0.4 is 10.9 Å². The molecular weight excluding hydrogens is 306 g/mol. The largest absolute Gasteiger partial charge is 0.341 e. The molecule has 0 bridgehead atoms. The van der Waals surface area contributed by atoms with E-state index in [0.717, 1.165) is 28.7 Å². The summed E-state index contributed by atoms with van der Waals surface area (Å²) >= 11 is 0. The summed E-state index contributed by atoms with van der Waals surface area (Å²) in [6.07, 6.45) is 2.40. The van der Waals surface area contributed by atoms with Crippen molar-refractivity contribution in [2.45, 2.75) is 6.42 Å². The molecule has 7 nitrogen and oxygen atoms in total. The number of amides is 1. The third kappa shape index (κ3) is 2.17. The van der Waals surface area contributed by atoms with E-state index < -0.39 is 0 Å². The molecule has 0 fully saturated rings. The SMILES string of the molecule is CN1CCc2c(c3ccc(Nc4cc[nH]c(=O)c4)nc3n2C)C1=O. The minimum Gasteiger partial charge on any atom is -0.341 e. The molecule has 7 heteroatoms. The first-order valence-electron chi connectivity index (χ1n) is 7.74. The lowest BCUT2D eigenvalue weighted by molar-refractivity contribution is 0.0781. The molecule has 0 atom stereocenters. The van der Waals surface area contributed by atoms with Gasteiger partial charge in [-0.25, -0.2) is 4.98 Å². The fourth-order valence-corrected chi connectivity index (χ4v) is 3.19. The van der Waals surface area contributed by atoms with Crippen LogP contribution in [-0.2, 0) is 13.5 Å². The number of fused-ring (bicyclic) bond motifs is 3. The number of anilines is 2. The van der Waals surface area contributed by atoms with Gasteiger partial charge in [-0.2, -0.15) is 0 Å². The van der Waals surface area contributed by atoms with Gasteiger partial charge in [-0.3, -0.25) is 9.59 Å². The van der Waals surface area contributed by atoms with Crippen LogP contribution in [0, 0.1) is 0 Å². The molecule has 2 N–H and O–H groups in total. The summed E-state index contributed by atoms with van der Waals surface area (Å²) in [7, 11) is 3.75. The average Bonchev–Trinajstić information content (AvgIpc) is 2.84. The second kappa shape index (κ2) is 5.23. The molecule has 24 heavy (non-hydrogen) atoms. The molecule has 1 amide bonds. The van der Waals surface area contributed by atoms with Crippen molar-refractivity contribution in [3.05, 3.63) is 52.1 Å². The normalized spacial score (nSPS) is 14.1. The van der Waals surface area contributed by atoms with Crippen molar-refractivity contribution in [1.82, 2.24) is 19.4 Å². The molecule has 4 heterocycles. The first-order valence-corrected chi connectivity index (χ1v) is 7.74. The Bertz CT molecular complexity index is 1020. The van der Waals surface area contributed by atoms with Crippen LogP contribution in [0.25, 0.3) is 11.0 Å². The first kappa shape index (κ1) is 14.5. The Morgan fingerprint density at radius 1 is 1.21 bits per heavy atom. The maximum absolute atomic E-state index is 12.5. The van der Waals surface area contributed by atoms with E-state index in [1.54, 1.807) is 17.2 Å². The summed E-state index contributed by atoms with van der Waals surface area (Å²) in [4.78, 5) is 32.8. The van der Waals surface area contributed by atoms with Crippen molar-refractivity contribution in [2.75, 3.05) is 18.9 Å². The predicted octanol–water partition coefficient (Wildman–Crippen LogP) is 1.63. The van der Waals surface area contributed by atoms with Gasteiger partial charge in [0, 0.05) is 56.1 Å². The van der Waals surface area contributed by atoms with Gasteiger partial charge in [-0.05, 0) is 18.2 Å². The monoisotopic (exact) mass is 323 g/mol. The number of likely N-dealkylation sites (N-methyl/N-ethyl adjacent to an activating group) is 1. The van der Waals surface area contributed by atoms with Crippen molar-refractivity contribution in [3.63, 3.8) is 0 Å². The number of aromatic nitrogens is 3. The molecule has 0 aliphatic carbocycles. The molecule has 3 aromatic rings. The predicted molar refractivity (Wildman–Crippen MR) is 91.7 cm³/mol. The van der Waals surface area contributed by atoms with Gasteiger partial charge in [0.1, 0.15) is 11.5 Å². The van der Waals surface area contributed by atoms with Crippen LogP contribution in [0.15, 0.2) is 35.3 Å². The lowest BCUT2D eigenvalue weighted by Gasteiger charge is -2.23. The second-order valence-corrected chi connectivity index (χ2v) is 5.99. The number of carbonyl (C=O) groups is 1. The molecule has 0 saturated heterocycles. The maximum atomic E-state index is 12.5. The van der Waals surface area contributed by atoms with E-state index in [2.05, 4.69) is 15.3 Å². The Morgan fingerprint density at radius 2 is 2.04 bits per heavy atom. The zero-order chi connectivity index (χ0) is 16.8. The van der Waals surface area contributed by atoms with Gasteiger partial charge in [0.05, 0.1) is 5.56 Å². The Kier molecular flexibility index (Phi) is 3.16. The smallest absolute Gasteiger partial charge is 0.256 e. The molecule has 1 aliphatic heterocycles. The number of aromatic amines is 1. The number of carbonyl (C=O) groups excluding carboxylic acids is 1. The Labute approximate surface area is 137 Å². The number of pyridine rings is 2. The van der Waals surface area contributed by atoms with Crippen LogP contribution in [0.2, 0.25) is 0 Å². The number of hydrogen-bond acceptors (Lipinski definition) is 4. The topological polar surface area (TPSA) is 83.0 Å². The molecule has 0 spiro atoms. The van der Waals surface area contributed by atoms with E-state index >= 15 is 0 Å². The zero-order valence-corrected chi connectivity index (χ0v) is 13.5. The summed E-state index contributed by atoms with van der Waals surface area (Å²) in [5.74, 6) is 0.672. The third-order valence-corrected chi connectivity index (χ3v) is 4.45. The van der Waals surface area contributed by atoms with E-state index in [1.807, 2.05) is 30.8 Å². The molecule has 0 saturated carbocycles. The van der Waals surface area contributed by atoms with E-state index in [9.17, 15) is 9.59 Å². The maximum Gasteiger partial charge on any atom is 0.256 e. The summed E-state index contributed by atoms with van der Waals surface area (Å²) in [6.45, 7) is 0.716. The summed E-state index contributed by atoms with van der Waals surface area (Å²) in [5, 5.41) is 3.99. The fourth-order valence-electron chi connectivity index (χ4n) is 3.19. The number of aryl methyl sites for hydroxylation is 1. The number of rotatable bonds is 2. The lowest BCUT2D eigenvalue weighted by Crippen LogP contribution is -2.34. The quantitative estimate of drug-likeness (QED) is 0.751. The van der Waals surface area contributed by atoms with Gasteiger partial charge in [-0.15, -0.1) is 0 Å². The highest BCUT2D eigenvalue weighted by Crippen LogP contribution is 2.30. The third-order valence-electron chi connectivity index (χ3n) is 4.45. The molecule has 3 aromatic heterocycles. The van der Waals surface area contributed by atoms with Crippen LogP contribution in [-0.4, -0.2) is 38.9 Å². The fraction of sp³-hybridized carbons (Fsp3) is 0.235. The van der Waals surface area contributed by atoms with Gasteiger partial charge in [0.15, 0.2) is 0 Å². The molecular formula is C17H17N5O2. The standard InChI is InChI=1S/C17H17N5O2/c1-21-8-6-12-15(17(21)24)11-3-4-13(20-16(11)22(12)2)19-10-5-7-18-14(23)9-10/h3-5,7,9H,6,8H2,1-2H3,(H2,18,19,20,23). The number of H-pyrrole nitrogens is 1. The zero-order valence-electron chi connectivity index (χ0n) is 13.5. The molecule has 0 aromatic carbocycles. The van der Waals surface area contributed by atoms with Crippen LogP contribution in [0.1, 0.15) is 16.1 Å². The van der Waals surface area contributed by atoms with Crippen LogP contribution >= 0.6 is 0 Å². The molecule has 0 unspecified atom stereocenters. The molecule has 0 radical (unpaired) electrons. The van der Waals surface area contributed by atoms with Crippen LogP contribution in [0.5, 0.6) is 0 Å². The van der Waals surface area contributed by atoms with Crippen molar-refractivity contribution >= 4 is 28.4 Å². The highest BCUT2D eigenvalue weighted by atomic mass is 16.2. The van der Waals surface area contributed by atoms with Gasteiger partial charge < -0.3 is 19.8 Å². The summed E-state index contributed by atoms with van der Waals surface area (Å²) in [6, 6.07) is 6.97. The van der Waals surface area contributed by atoms with Crippen molar-refractivity contribution in [3.8, 4) is 0 Å². The van der Waals surface area contributed by atoms with Gasteiger partial charge >= 0.3 is 0 Å². The molecule has 1 aliphatic rings. The molecule has 122 valence electrons. The van der Waals surface area contributed by atoms with Crippen LogP contribution in [0.3, 0.4) is 0 Å². The Morgan fingerprint density at radius 3 is 2.83 bits per heavy atom. The number of nitrogens with one attached hydrogen (secondary N) is 2. The first-order chi connectivity index (χ1) is 11.5. The van der Waals surface area contributed by atoms with Crippen molar-refractivity contribution in [2.24, 2.45) is 7.05 Å². The Hall–Kier alpha value is -3.09. The summed E-state index contributed by atoms with van der Waals surface area (Å²) < 4.78 is 1.98. The molecule has 4 rings (SSSR count). The minimum absolute atomic E-state index is 0.0407. The van der Waals surface area contributed by atoms with Crippen LogP contribution in [0.4, 0.5) is 11.5 Å². The number of hydrogen-bond donors (Lipinski definition) is 2. The number of nitrogens with zero attached hydrogens (tertiary/aromatic N) is 3. The van der Waals surface area contributed by atoms with Crippen molar-refractivity contribution < 1.29 is 4.79 Å². The van der Waals surface area contributed by atoms with Gasteiger partial charge in [0.25, 0.3) is 5.91 Å². The highest BCUT2D eigenvalue weighted by Gasteiger charge is 2.28. The minimum atomic E-state index is -0.177. The van der Waals surface area contributed by atoms with E-state index in [1.165, 1.54) is 6.07 Å². The van der Waals surface area contributed by atoms with Gasteiger partial charge in [-0.1, -0.05) is 0 Å². The lowest BCUT2D eigenvalue weighted by atomic mass is 10.1. The Balaban J connectivity index is 1.81. The average molecular weight is 323 g/mol. The second-order valence-electron chi connectivity index (χ2n) is 5.99.